The standard InChI is InChI=1S/C21H23N3O3/c1-13(2)19(15(4)26-5)12-24-11-18(10-22-24)23-21(25)16-6-7-20-17(9-16)8-14(3)27-20/h6-11H,1,12H2,2-5H3,(H,23,25)/b19-15-. The van der Waals surface area contributed by atoms with Crippen LogP contribution in [0.25, 0.3) is 11.0 Å². The lowest BCUT2D eigenvalue weighted by Gasteiger charge is -2.11. The van der Waals surface area contributed by atoms with Crippen molar-refractivity contribution in [3.05, 3.63) is 71.5 Å². The highest BCUT2D eigenvalue weighted by Gasteiger charge is 2.11. The number of nitrogens with one attached hydrogen (secondary N) is 1. The molecule has 0 saturated heterocycles. The topological polar surface area (TPSA) is 69.3 Å². The zero-order chi connectivity index (χ0) is 19.6. The van der Waals surface area contributed by atoms with E-state index in [2.05, 4.69) is 17.0 Å². The van der Waals surface area contributed by atoms with Crippen LogP contribution in [0.1, 0.15) is 30.0 Å². The van der Waals surface area contributed by atoms with Gasteiger partial charge >= 0.3 is 0 Å². The molecule has 3 rings (SSSR count). The van der Waals surface area contributed by atoms with Crippen molar-refractivity contribution in [2.24, 2.45) is 0 Å². The average Bonchev–Trinajstić information content (AvgIpc) is 3.22. The predicted octanol–water partition coefficient (Wildman–Crippen LogP) is 4.69. The van der Waals surface area contributed by atoms with Crippen molar-refractivity contribution in [1.82, 2.24) is 9.78 Å². The maximum atomic E-state index is 12.5. The fourth-order valence-corrected chi connectivity index (χ4v) is 2.87. The number of ether oxygens (including phenoxy) is 1. The highest BCUT2D eigenvalue weighted by atomic mass is 16.5. The number of nitrogens with zero attached hydrogens (tertiary/aromatic N) is 2. The third kappa shape index (κ3) is 4.11. The van der Waals surface area contributed by atoms with E-state index in [0.717, 1.165) is 33.6 Å². The molecule has 0 unspecified atom stereocenters. The van der Waals surface area contributed by atoms with Gasteiger partial charge in [0.1, 0.15) is 11.3 Å². The second-order valence-electron chi connectivity index (χ2n) is 6.51. The SMILES string of the molecule is C=C(C)/C(Cn1cc(NC(=O)c2ccc3oc(C)cc3c2)cn1)=C(/C)OC. The molecular weight excluding hydrogens is 342 g/mol. The van der Waals surface area contributed by atoms with Gasteiger partial charge in [-0.1, -0.05) is 6.58 Å². The van der Waals surface area contributed by atoms with E-state index in [4.69, 9.17) is 9.15 Å². The summed E-state index contributed by atoms with van der Waals surface area (Å²) in [6, 6.07) is 7.27. The summed E-state index contributed by atoms with van der Waals surface area (Å²) in [6.45, 7) is 10.2. The van der Waals surface area contributed by atoms with Crippen LogP contribution < -0.4 is 5.32 Å². The molecule has 0 aliphatic carbocycles. The van der Waals surface area contributed by atoms with E-state index in [0.29, 0.717) is 17.8 Å². The largest absolute Gasteiger partial charge is 0.501 e. The molecule has 27 heavy (non-hydrogen) atoms. The lowest BCUT2D eigenvalue weighted by Crippen LogP contribution is -2.11. The lowest BCUT2D eigenvalue weighted by molar-refractivity contribution is 0.102. The smallest absolute Gasteiger partial charge is 0.255 e. The highest BCUT2D eigenvalue weighted by Crippen LogP contribution is 2.21. The first-order valence-corrected chi connectivity index (χ1v) is 8.61. The van der Waals surface area contributed by atoms with Gasteiger partial charge in [-0.25, -0.2) is 0 Å². The predicted molar refractivity (Wildman–Crippen MR) is 106 cm³/mol. The summed E-state index contributed by atoms with van der Waals surface area (Å²) >= 11 is 0. The number of furan rings is 1. The van der Waals surface area contributed by atoms with Crippen LogP contribution in [-0.4, -0.2) is 22.8 Å². The fourth-order valence-electron chi connectivity index (χ4n) is 2.87. The van der Waals surface area contributed by atoms with Crippen LogP contribution in [-0.2, 0) is 11.3 Å². The first kappa shape index (κ1) is 18.5. The Kier molecular flexibility index (Phi) is 5.16. The number of rotatable bonds is 6. The summed E-state index contributed by atoms with van der Waals surface area (Å²) in [4.78, 5) is 12.5. The van der Waals surface area contributed by atoms with E-state index in [9.17, 15) is 4.79 Å². The van der Waals surface area contributed by atoms with Gasteiger partial charge in [0, 0.05) is 22.7 Å². The number of hydrogen-bond acceptors (Lipinski definition) is 4. The quantitative estimate of drug-likeness (QED) is 0.508. The Labute approximate surface area is 158 Å². The Morgan fingerprint density at radius 1 is 1.33 bits per heavy atom. The number of aryl methyl sites for hydroxylation is 1. The Morgan fingerprint density at radius 3 is 2.81 bits per heavy atom. The van der Waals surface area contributed by atoms with E-state index >= 15 is 0 Å². The molecule has 2 heterocycles. The lowest BCUT2D eigenvalue weighted by atomic mass is 10.1. The molecule has 1 aromatic carbocycles. The molecule has 0 radical (unpaired) electrons. The van der Waals surface area contributed by atoms with Gasteiger partial charge in [0.2, 0.25) is 0 Å². The summed E-state index contributed by atoms with van der Waals surface area (Å²) in [7, 11) is 1.63. The molecule has 140 valence electrons. The number of hydrogen-bond donors (Lipinski definition) is 1. The van der Waals surface area contributed by atoms with E-state index in [1.54, 1.807) is 36.3 Å². The Bertz CT molecular complexity index is 1040. The van der Waals surface area contributed by atoms with Crippen molar-refractivity contribution in [1.29, 1.82) is 0 Å². The van der Waals surface area contributed by atoms with Crippen molar-refractivity contribution >= 4 is 22.6 Å². The Morgan fingerprint density at radius 2 is 2.11 bits per heavy atom. The number of carbonyl (C=O) groups excluding carboxylic acids is 1. The third-order valence-corrected chi connectivity index (χ3v) is 4.36. The van der Waals surface area contributed by atoms with Gasteiger partial charge in [-0.2, -0.15) is 5.10 Å². The molecule has 2 aromatic heterocycles. The number of benzene rings is 1. The molecule has 6 nitrogen and oxygen atoms in total. The normalized spacial score (nSPS) is 12.0. The molecule has 0 atom stereocenters. The number of anilines is 1. The zero-order valence-electron chi connectivity index (χ0n) is 16.0. The first-order valence-electron chi connectivity index (χ1n) is 8.61. The van der Waals surface area contributed by atoms with Crippen LogP contribution in [0.3, 0.4) is 0 Å². The van der Waals surface area contributed by atoms with Crippen LogP contribution in [0.5, 0.6) is 0 Å². The molecule has 1 N–H and O–H groups in total. The van der Waals surface area contributed by atoms with Gasteiger partial charge in [0.15, 0.2) is 0 Å². The van der Waals surface area contributed by atoms with E-state index in [1.165, 1.54) is 0 Å². The Hall–Kier alpha value is -3.28. The third-order valence-electron chi connectivity index (χ3n) is 4.36. The van der Waals surface area contributed by atoms with Gasteiger partial charge in [-0.05, 0) is 50.6 Å². The monoisotopic (exact) mass is 365 g/mol. The van der Waals surface area contributed by atoms with Crippen LogP contribution in [0.4, 0.5) is 5.69 Å². The summed E-state index contributed by atoms with van der Waals surface area (Å²) in [6.07, 6.45) is 3.40. The van der Waals surface area contributed by atoms with E-state index < -0.39 is 0 Å². The number of carbonyl (C=O) groups is 1. The summed E-state index contributed by atoms with van der Waals surface area (Å²) in [5.41, 5.74) is 3.84. The average molecular weight is 365 g/mol. The molecule has 0 aliphatic rings. The molecule has 0 bridgehead atoms. The van der Waals surface area contributed by atoms with Crippen LogP contribution in [0, 0.1) is 6.92 Å². The van der Waals surface area contributed by atoms with Gasteiger partial charge in [-0.3, -0.25) is 9.48 Å². The molecule has 0 saturated carbocycles. The van der Waals surface area contributed by atoms with E-state index in [1.807, 2.05) is 32.9 Å². The summed E-state index contributed by atoms with van der Waals surface area (Å²) in [5, 5.41) is 8.09. The second-order valence-corrected chi connectivity index (χ2v) is 6.51. The molecule has 1 amide bonds. The molecular formula is C21H23N3O3. The van der Waals surface area contributed by atoms with Crippen LogP contribution in [0.2, 0.25) is 0 Å². The minimum Gasteiger partial charge on any atom is -0.501 e. The number of amides is 1. The van der Waals surface area contributed by atoms with Crippen molar-refractivity contribution in [2.45, 2.75) is 27.3 Å². The maximum Gasteiger partial charge on any atom is 0.255 e. The van der Waals surface area contributed by atoms with Gasteiger partial charge < -0.3 is 14.5 Å². The number of allylic oxidation sites excluding steroid dienone is 3. The van der Waals surface area contributed by atoms with Crippen molar-refractivity contribution in [3.8, 4) is 0 Å². The minimum atomic E-state index is -0.195. The van der Waals surface area contributed by atoms with E-state index in [-0.39, 0.29) is 5.91 Å². The van der Waals surface area contributed by atoms with Crippen molar-refractivity contribution in [3.63, 3.8) is 0 Å². The zero-order valence-corrected chi connectivity index (χ0v) is 16.0. The van der Waals surface area contributed by atoms with Gasteiger partial charge in [0.05, 0.1) is 31.3 Å². The van der Waals surface area contributed by atoms with Crippen LogP contribution in [0.15, 0.2) is 64.6 Å². The molecule has 0 aliphatic heterocycles. The maximum absolute atomic E-state index is 12.5. The summed E-state index contributed by atoms with van der Waals surface area (Å²) < 4.78 is 12.6. The van der Waals surface area contributed by atoms with Gasteiger partial charge in [-0.15, -0.1) is 0 Å². The minimum absolute atomic E-state index is 0.195. The summed E-state index contributed by atoms with van der Waals surface area (Å²) in [5.74, 6) is 1.42. The number of methoxy groups -OCH3 is 1. The fraction of sp³-hybridized carbons (Fsp3) is 0.238. The molecule has 0 fully saturated rings. The Balaban J connectivity index is 1.74. The molecule has 0 spiro atoms. The van der Waals surface area contributed by atoms with Crippen molar-refractivity contribution < 1.29 is 13.9 Å². The number of aromatic nitrogens is 2. The molecule has 6 heteroatoms. The first-order chi connectivity index (χ1) is 12.9. The van der Waals surface area contributed by atoms with Crippen LogP contribution >= 0.6 is 0 Å². The van der Waals surface area contributed by atoms with Gasteiger partial charge in [0.25, 0.3) is 5.91 Å². The molecule has 3 aromatic rings. The number of fused-ring (bicyclic) bond motifs is 1. The van der Waals surface area contributed by atoms with Crippen molar-refractivity contribution in [2.75, 3.05) is 12.4 Å². The second kappa shape index (κ2) is 7.53. The highest BCUT2D eigenvalue weighted by molar-refractivity contribution is 6.06.